The third kappa shape index (κ3) is 6.59. The minimum atomic E-state index is 0.125. The van der Waals surface area contributed by atoms with Crippen LogP contribution in [-0.2, 0) is 11.3 Å². The average molecular weight is 437 g/mol. The molecule has 0 atom stereocenters. The van der Waals surface area contributed by atoms with Gasteiger partial charge < -0.3 is 9.64 Å². The predicted molar refractivity (Wildman–Crippen MR) is 134 cm³/mol. The van der Waals surface area contributed by atoms with E-state index in [1.807, 2.05) is 24.8 Å². The fourth-order valence-electron chi connectivity index (χ4n) is 4.48. The van der Waals surface area contributed by atoms with Gasteiger partial charge in [-0.25, -0.2) is 0 Å². The van der Waals surface area contributed by atoms with Gasteiger partial charge in [0, 0.05) is 31.7 Å². The van der Waals surface area contributed by atoms with E-state index in [0.717, 1.165) is 48.6 Å². The Labute approximate surface area is 194 Å². The van der Waals surface area contributed by atoms with Crippen LogP contribution >= 0.6 is 0 Å². The van der Waals surface area contributed by atoms with Crippen LogP contribution in [0.1, 0.15) is 72.3 Å². The molecule has 0 fully saturated rings. The summed E-state index contributed by atoms with van der Waals surface area (Å²) in [6.45, 7) is 13.1. The zero-order valence-corrected chi connectivity index (χ0v) is 20.6. The van der Waals surface area contributed by atoms with Crippen LogP contribution in [0.4, 0.5) is 5.69 Å². The average Bonchev–Trinajstić information content (AvgIpc) is 2.73. The van der Waals surface area contributed by atoms with Crippen molar-refractivity contribution in [1.29, 1.82) is 0 Å². The topological polar surface area (TPSA) is 32.8 Å². The van der Waals surface area contributed by atoms with E-state index in [0.29, 0.717) is 6.04 Å². The molecular weight excluding hydrogens is 396 g/mol. The number of amides is 1. The number of nitrogens with zero attached hydrogens (tertiary/aromatic N) is 2. The van der Waals surface area contributed by atoms with Gasteiger partial charge >= 0.3 is 0 Å². The van der Waals surface area contributed by atoms with E-state index in [4.69, 9.17) is 4.74 Å². The molecule has 0 aromatic heterocycles. The fraction of sp³-hybridized carbons (Fsp3) is 0.536. The van der Waals surface area contributed by atoms with Crippen molar-refractivity contribution in [3.63, 3.8) is 0 Å². The van der Waals surface area contributed by atoms with Gasteiger partial charge in [-0.15, -0.1) is 0 Å². The van der Waals surface area contributed by atoms with Crippen molar-refractivity contribution in [3.05, 3.63) is 48.0 Å². The van der Waals surface area contributed by atoms with Crippen molar-refractivity contribution in [2.45, 2.75) is 85.4 Å². The second-order valence-corrected chi connectivity index (χ2v) is 9.54. The molecule has 1 amide bonds. The van der Waals surface area contributed by atoms with Crippen LogP contribution in [0, 0.1) is 0 Å². The molecule has 1 heterocycles. The minimum absolute atomic E-state index is 0.125. The van der Waals surface area contributed by atoms with Crippen LogP contribution in [-0.4, -0.2) is 36.0 Å². The van der Waals surface area contributed by atoms with Crippen LogP contribution in [0.2, 0.25) is 0 Å². The summed E-state index contributed by atoms with van der Waals surface area (Å²) in [5, 5.41) is 0. The van der Waals surface area contributed by atoms with Crippen LogP contribution in [0.15, 0.2) is 42.5 Å². The van der Waals surface area contributed by atoms with E-state index in [1.54, 1.807) is 6.92 Å². The summed E-state index contributed by atoms with van der Waals surface area (Å²) >= 11 is 0. The summed E-state index contributed by atoms with van der Waals surface area (Å²) in [6, 6.07) is 15.3. The maximum Gasteiger partial charge on any atom is 0.223 e. The second kappa shape index (κ2) is 11.5. The molecule has 0 spiro atoms. The van der Waals surface area contributed by atoms with Crippen molar-refractivity contribution >= 4 is 11.6 Å². The standard InChI is InChI=1S/C28H40N2O2/c1-21(2)29-16-9-7-6-8-10-17-30(23(5)31)28-15-14-25(18-26(28)20-29)24-12-11-13-27(19-24)32-22(3)4/h11-15,18-19,21-22H,6-10,16-17,20H2,1-5H3. The van der Waals surface area contributed by atoms with E-state index < -0.39 is 0 Å². The summed E-state index contributed by atoms with van der Waals surface area (Å²) in [5.74, 6) is 1.01. The van der Waals surface area contributed by atoms with Crippen molar-refractivity contribution < 1.29 is 9.53 Å². The zero-order valence-electron chi connectivity index (χ0n) is 20.6. The highest BCUT2D eigenvalue weighted by Gasteiger charge is 2.20. The molecule has 0 saturated heterocycles. The molecule has 0 bridgehead atoms. The first kappa shape index (κ1) is 24.3. The van der Waals surface area contributed by atoms with Gasteiger partial charge in [-0.1, -0.05) is 37.5 Å². The van der Waals surface area contributed by atoms with Crippen LogP contribution in [0.25, 0.3) is 11.1 Å². The van der Waals surface area contributed by atoms with E-state index in [9.17, 15) is 4.79 Å². The molecule has 0 unspecified atom stereocenters. The van der Waals surface area contributed by atoms with Crippen LogP contribution in [0.5, 0.6) is 5.75 Å². The zero-order chi connectivity index (χ0) is 23.1. The molecule has 3 rings (SSSR count). The smallest absolute Gasteiger partial charge is 0.223 e. The minimum Gasteiger partial charge on any atom is -0.491 e. The number of carbonyl (C=O) groups excluding carboxylic acids is 1. The maximum absolute atomic E-state index is 12.6. The van der Waals surface area contributed by atoms with Gasteiger partial charge in [-0.05, 0) is 88.0 Å². The Hall–Kier alpha value is -2.33. The van der Waals surface area contributed by atoms with Gasteiger partial charge in [0.15, 0.2) is 0 Å². The van der Waals surface area contributed by atoms with Gasteiger partial charge in [-0.3, -0.25) is 9.69 Å². The summed E-state index contributed by atoms with van der Waals surface area (Å²) in [5.41, 5.74) is 4.59. The lowest BCUT2D eigenvalue weighted by molar-refractivity contribution is -0.116. The number of ether oxygens (including phenoxy) is 1. The molecule has 2 aromatic rings. The monoisotopic (exact) mass is 436 g/mol. The first-order chi connectivity index (χ1) is 15.3. The number of fused-ring (bicyclic) bond motifs is 1. The van der Waals surface area contributed by atoms with E-state index in [2.05, 4.69) is 55.1 Å². The lowest BCUT2D eigenvalue weighted by Crippen LogP contribution is -2.34. The van der Waals surface area contributed by atoms with Gasteiger partial charge in [0.25, 0.3) is 0 Å². The number of hydrogen-bond acceptors (Lipinski definition) is 3. The maximum atomic E-state index is 12.6. The molecule has 32 heavy (non-hydrogen) atoms. The van der Waals surface area contributed by atoms with Crippen molar-refractivity contribution in [2.75, 3.05) is 18.0 Å². The van der Waals surface area contributed by atoms with Crippen molar-refractivity contribution in [2.24, 2.45) is 0 Å². The summed E-state index contributed by atoms with van der Waals surface area (Å²) < 4.78 is 5.92. The Morgan fingerprint density at radius 1 is 0.875 bits per heavy atom. The number of hydrogen-bond donors (Lipinski definition) is 0. The van der Waals surface area contributed by atoms with Gasteiger partial charge in [0.05, 0.1) is 6.10 Å². The van der Waals surface area contributed by atoms with Crippen LogP contribution < -0.4 is 9.64 Å². The third-order valence-corrected chi connectivity index (χ3v) is 6.22. The first-order valence-electron chi connectivity index (χ1n) is 12.3. The highest BCUT2D eigenvalue weighted by atomic mass is 16.5. The molecule has 0 radical (unpaired) electrons. The Morgan fingerprint density at radius 3 is 2.25 bits per heavy atom. The molecule has 1 aliphatic heterocycles. The molecule has 174 valence electrons. The highest BCUT2D eigenvalue weighted by molar-refractivity contribution is 5.92. The molecular formula is C28H40N2O2. The molecule has 0 aliphatic carbocycles. The normalized spacial score (nSPS) is 16.4. The number of anilines is 1. The SMILES string of the molecule is CC(=O)N1CCCCCCCN(C(C)C)Cc2cc(-c3cccc(OC(C)C)c3)ccc21. The molecule has 4 heteroatoms. The highest BCUT2D eigenvalue weighted by Crippen LogP contribution is 2.32. The van der Waals surface area contributed by atoms with E-state index in [1.165, 1.54) is 31.2 Å². The Kier molecular flexibility index (Phi) is 8.75. The Balaban J connectivity index is 2.03. The summed E-state index contributed by atoms with van der Waals surface area (Å²) in [6.07, 6.45) is 6.13. The Bertz CT molecular complexity index is 891. The molecule has 0 N–H and O–H groups in total. The Morgan fingerprint density at radius 2 is 1.56 bits per heavy atom. The lowest BCUT2D eigenvalue weighted by atomic mass is 9.99. The number of rotatable bonds is 4. The van der Waals surface area contributed by atoms with Crippen molar-refractivity contribution in [3.8, 4) is 16.9 Å². The fourth-order valence-corrected chi connectivity index (χ4v) is 4.48. The molecule has 2 aromatic carbocycles. The van der Waals surface area contributed by atoms with Crippen molar-refractivity contribution in [1.82, 2.24) is 4.90 Å². The number of benzene rings is 2. The summed E-state index contributed by atoms with van der Waals surface area (Å²) in [4.78, 5) is 17.1. The molecule has 1 aliphatic rings. The van der Waals surface area contributed by atoms with E-state index >= 15 is 0 Å². The van der Waals surface area contributed by atoms with Gasteiger partial charge in [0.1, 0.15) is 5.75 Å². The molecule has 4 nitrogen and oxygen atoms in total. The first-order valence-corrected chi connectivity index (χ1v) is 12.3. The second-order valence-electron chi connectivity index (χ2n) is 9.54. The predicted octanol–water partition coefficient (Wildman–Crippen LogP) is 6.67. The number of carbonyl (C=O) groups is 1. The van der Waals surface area contributed by atoms with Gasteiger partial charge in [0.2, 0.25) is 5.91 Å². The molecule has 0 saturated carbocycles. The quantitative estimate of drug-likeness (QED) is 0.537. The van der Waals surface area contributed by atoms with Crippen LogP contribution in [0.3, 0.4) is 0 Å². The third-order valence-electron chi connectivity index (χ3n) is 6.22. The largest absolute Gasteiger partial charge is 0.491 e. The van der Waals surface area contributed by atoms with E-state index in [-0.39, 0.29) is 12.0 Å². The summed E-state index contributed by atoms with van der Waals surface area (Å²) in [7, 11) is 0. The lowest BCUT2D eigenvalue weighted by Gasteiger charge is -2.31. The van der Waals surface area contributed by atoms with Gasteiger partial charge in [-0.2, -0.15) is 0 Å².